The van der Waals surface area contributed by atoms with Crippen LogP contribution in [0.3, 0.4) is 0 Å². The van der Waals surface area contributed by atoms with Gasteiger partial charge in [0.25, 0.3) is 0 Å². The zero-order valence-electron chi connectivity index (χ0n) is 15.3. The maximum Gasteiger partial charge on any atom is 0.321 e. The van der Waals surface area contributed by atoms with Crippen LogP contribution in [0.2, 0.25) is 0 Å². The SMILES string of the molecule is O=C(O)C1CCN(C(=O)Nc2ccc3c(c2)CCC(=O)N3CC2CC2)CC1. The van der Waals surface area contributed by atoms with E-state index in [1.54, 1.807) is 4.90 Å². The number of carbonyl (C=O) groups is 3. The number of likely N-dealkylation sites (tertiary alicyclic amines) is 1. The number of fused-ring (bicyclic) bond motifs is 1. The fourth-order valence-electron chi connectivity index (χ4n) is 3.93. The van der Waals surface area contributed by atoms with Crippen molar-refractivity contribution < 1.29 is 19.5 Å². The minimum absolute atomic E-state index is 0.187. The smallest absolute Gasteiger partial charge is 0.321 e. The highest BCUT2D eigenvalue weighted by molar-refractivity contribution is 5.97. The van der Waals surface area contributed by atoms with Crippen molar-refractivity contribution in [3.05, 3.63) is 23.8 Å². The highest BCUT2D eigenvalue weighted by Gasteiger charge is 2.31. The molecule has 1 aromatic carbocycles. The molecule has 0 bridgehead atoms. The monoisotopic (exact) mass is 371 g/mol. The third-order valence-corrected chi connectivity index (χ3v) is 5.80. The van der Waals surface area contributed by atoms with E-state index in [1.165, 1.54) is 12.8 Å². The van der Waals surface area contributed by atoms with Crippen molar-refractivity contribution in [1.82, 2.24) is 4.90 Å². The third kappa shape index (κ3) is 3.91. The van der Waals surface area contributed by atoms with Gasteiger partial charge in [-0.1, -0.05) is 0 Å². The molecule has 0 spiro atoms. The number of nitrogens with one attached hydrogen (secondary N) is 1. The number of carbonyl (C=O) groups excluding carboxylic acids is 2. The molecule has 3 amide bonds. The van der Waals surface area contributed by atoms with Crippen LogP contribution >= 0.6 is 0 Å². The second-order valence-electron chi connectivity index (χ2n) is 7.82. The van der Waals surface area contributed by atoms with Crippen molar-refractivity contribution in [2.24, 2.45) is 11.8 Å². The van der Waals surface area contributed by atoms with Crippen molar-refractivity contribution in [1.29, 1.82) is 0 Å². The number of amides is 3. The highest BCUT2D eigenvalue weighted by atomic mass is 16.4. The Hall–Kier alpha value is -2.57. The number of aliphatic carboxylic acids is 1. The number of piperidine rings is 1. The summed E-state index contributed by atoms with van der Waals surface area (Å²) in [5.41, 5.74) is 2.79. The Balaban J connectivity index is 1.41. The molecule has 1 aliphatic carbocycles. The van der Waals surface area contributed by atoms with E-state index in [0.717, 1.165) is 23.5 Å². The van der Waals surface area contributed by atoms with E-state index in [2.05, 4.69) is 5.32 Å². The first-order valence-electron chi connectivity index (χ1n) is 9.73. The number of carboxylic acids is 1. The Morgan fingerprint density at radius 2 is 1.85 bits per heavy atom. The lowest BCUT2D eigenvalue weighted by atomic mass is 9.97. The fourth-order valence-corrected chi connectivity index (χ4v) is 3.93. The van der Waals surface area contributed by atoms with Gasteiger partial charge in [-0.25, -0.2) is 4.79 Å². The summed E-state index contributed by atoms with van der Waals surface area (Å²) in [4.78, 5) is 39.4. The largest absolute Gasteiger partial charge is 0.481 e. The van der Waals surface area contributed by atoms with Crippen LogP contribution < -0.4 is 10.2 Å². The molecule has 144 valence electrons. The number of nitrogens with zero attached hydrogens (tertiary/aromatic N) is 2. The molecule has 4 rings (SSSR count). The molecule has 7 nitrogen and oxygen atoms in total. The molecular weight excluding hydrogens is 346 g/mol. The van der Waals surface area contributed by atoms with Gasteiger partial charge in [0, 0.05) is 37.4 Å². The zero-order chi connectivity index (χ0) is 19.0. The number of benzene rings is 1. The summed E-state index contributed by atoms with van der Waals surface area (Å²) in [6.07, 6.45) is 4.59. The molecule has 0 unspecified atom stereocenters. The van der Waals surface area contributed by atoms with Crippen molar-refractivity contribution >= 4 is 29.3 Å². The molecule has 2 N–H and O–H groups in total. The molecule has 2 heterocycles. The average Bonchev–Trinajstić information content (AvgIpc) is 3.48. The van der Waals surface area contributed by atoms with Crippen LogP contribution in [0.1, 0.15) is 37.7 Å². The number of hydrogen-bond donors (Lipinski definition) is 2. The van der Waals surface area contributed by atoms with Gasteiger partial charge in [0.15, 0.2) is 0 Å². The number of anilines is 2. The van der Waals surface area contributed by atoms with Gasteiger partial charge in [0.2, 0.25) is 5.91 Å². The first-order valence-corrected chi connectivity index (χ1v) is 9.73. The Kier molecular flexibility index (Phi) is 4.76. The van der Waals surface area contributed by atoms with E-state index in [9.17, 15) is 14.4 Å². The lowest BCUT2D eigenvalue weighted by molar-refractivity contribution is -0.143. The molecule has 0 atom stereocenters. The molecule has 7 heteroatoms. The van der Waals surface area contributed by atoms with Crippen LogP contribution in [-0.4, -0.2) is 47.5 Å². The Morgan fingerprint density at radius 3 is 2.52 bits per heavy atom. The summed E-state index contributed by atoms with van der Waals surface area (Å²) in [5, 5.41) is 12.0. The normalized spacial score (nSPS) is 20.4. The van der Waals surface area contributed by atoms with Crippen molar-refractivity contribution in [2.45, 2.75) is 38.5 Å². The highest BCUT2D eigenvalue weighted by Crippen LogP contribution is 2.36. The van der Waals surface area contributed by atoms with Crippen LogP contribution in [0.4, 0.5) is 16.2 Å². The Bertz CT molecular complexity index is 766. The number of carboxylic acid groups (broad SMARTS) is 1. The molecule has 0 aromatic heterocycles. The molecule has 2 aliphatic heterocycles. The van der Waals surface area contributed by atoms with Gasteiger partial charge in [0.05, 0.1) is 5.92 Å². The lowest BCUT2D eigenvalue weighted by Gasteiger charge is -2.31. The van der Waals surface area contributed by atoms with E-state index >= 15 is 0 Å². The Morgan fingerprint density at radius 1 is 1.11 bits per heavy atom. The van der Waals surface area contributed by atoms with Gasteiger partial charge in [-0.05, 0) is 61.8 Å². The molecular formula is C20H25N3O4. The second-order valence-corrected chi connectivity index (χ2v) is 7.82. The third-order valence-electron chi connectivity index (χ3n) is 5.80. The predicted octanol–water partition coefficient (Wildman–Crippen LogP) is 2.70. The molecule has 3 aliphatic rings. The minimum Gasteiger partial charge on any atom is -0.481 e. The average molecular weight is 371 g/mol. The lowest BCUT2D eigenvalue weighted by Crippen LogP contribution is -2.42. The topological polar surface area (TPSA) is 90.0 Å². The maximum atomic E-state index is 12.5. The molecule has 2 fully saturated rings. The van der Waals surface area contributed by atoms with Gasteiger partial charge in [-0.3, -0.25) is 9.59 Å². The first kappa shape index (κ1) is 17.8. The van der Waals surface area contributed by atoms with Crippen LogP contribution in [-0.2, 0) is 16.0 Å². The standard InChI is InChI=1S/C20H25N3O4/c24-18-6-3-15-11-16(4-5-17(15)23(18)12-13-1-2-13)21-20(27)22-9-7-14(8-10-22)19(25)26/h4-5,11,13-14H,1-3,6-10,12H2,(H,21,27)(H,25,26). The maximum absolute atomic E-state index is 12.5. The van der Waals surface area contributed by atoms with Gasteiger partial charge in [0.1, 0.15) is 0 Å². The van der Waals surface area contributed by atoms with E-state index in [1.807, 2.05) is 23.1 Å². The van der Waals surface area contributed by atoms with E-state index < -0.39 is 5.97 Å². The van der Waals surface area contributed by atoms with E-state index in [4.69, 9.17) is 5.11 Å². The zero-order valence-corrected chi connectivity index (χ0v) is 15.3. The van der Waals surface area contributed by atoms with E-state index in [-0.39, 0.29) is 17.9 Å². The first-order chi connectivity index (χ1) is 13.0. The summed E-state index contributed by atoms with van der Waals surface area (Å²) in [6, 6.07) is 5.55. The van der Waals surface area contributed by atoms with Crippen LogP contribution in [0.25, 0.3) is 0 Å². The molecule has 1 saturated heterocycles. The number of aryl methyl sites for hydroxylation is 1. The number of urea groups is 1. The van der Waals surface area contributed by atoms with Crippen molar-refractivity contribution in [3.63, 3.8) is 0 Å². The number of rotatable bonds is 4. The van der Waals surface area contributed by atoms with Crippen LogP contribution in [0, 0.1) is 11.8 Å². The molecule has 1 aromatic rings. The predicted molar refractivity (Wildman–Crippen MR) is 101 cm³/mol. The minimum atomic E-state index is -0.782. The van der Waals surface area contributed by atoms with Crippen LogP contribution in [0.5, 0.6) is 0 Å². The fraction of sp³-hybridized carbons (Fsp3) is 0.550. The molecule has 0 radical (unpaired) electrons. The van der Waals surface area contributed by atoms with Gasteiger partial charge >= 0.3 is 12.0 Å². The quantitative estimate of drug-likeness (QED) is 0.851. The summed E-state index contributed by atoms with van der Waals surface area (Å²) in [7, 11) is 0. The summed E-state index contributed by atoms with van der Waals surface area (Å²) >= 11 is 0. The van der Waals surface area contributed by atoms with Gasteiger partial charge in [-0.2, -0.15) is 0 Å². The molecule has 1 saturated carbocycles. The molecule has 27 heavy (non-hydrogen) atoms. The summed E-state index contributed by atoms with van der Waals surface area (Å²) in [5.74, 6) is -0.316. The Labute approximate surface area is 158 Å². The summed E-state index contributed by atoms with van der Waals surface area (Å²) in [6.45, 7) is 1.71. The second kappa shape index (κ2) is 7.21. The van der Waals surface area contributed by atoms with Gasteiger partial charge in [-0.15, -0.1) is 0 Å². The van der Waals surface area contributed by atoms with Crippen molar-refractivity contribution in [3.8, 4) is 0 Å². The number of hydrogen-bond acceptors (Lipinski definition) is 3. The van der Waals surface area contributed by atoms with E-state index in [0.29, 0.717) is 44.7 Å². The summed E-state index contributed by atoms with van der Waals surface area (Å²) < 4.78 is 0. The van der Waals surface area contributed by atoms with Crippen LogP contribution in [0.15, 0.2) is 18.2 Å². The van der Waals surface area contributed by atoms with Gasteiger partial charge < -0.3 is 20.2 Å². The van der Waals surface area contributed by atoms with Crippen molar-refractivity contribution in [2.75, 3.05) is 29.9 Å².